The second kappa shape index (κ2) is 10.2. The smallest absolute Gasteiger partial charge is 0.280 e. The Labute approximate surface area is 166 Å². The van der Waals surface area contributed by atoms with E-state index in [1.807, 2.05) is 30.3 Å². The van der Waals surface area contributed by atoms with Gasteiger partial charge in [0.05, 0.1) is 12.0 Å². The molecule has 0 aliphatic carbocycles. The average Bonchev–Trinajstić information content (AvgIpc) is 2.67. The van der Waals surface area contributed by atoms with Crippen molar-refractivity contribution in [2.75, 3.05) is 13.1 Å². The Balaban J connectivity index is 1.86. The Morgan fingerprint density at radius 2 is 1.79 bits per heavy atom. The van der Waals surface area contributed by atoms with Crippen molar-refractivity contribution < 1.29 is 25.2 Å². The first kappa shape index (κ1) is 21.9. The van der Waals surface area contributed by atoms with Gasteiger partial charge in [0.25, 0.3) is 5.91 Å². The number of likely N-dealkylation sites (tertiary alicyclic amines) is 1. The van der Waals surface area contributed by atoms with Crippen molar-refractivity contribution in [3.63, 3.8) is 0 Å². The molecule has 7 nitrogen and oxygen atoms in total. The Bertz CT molecular complexity index is 669. The third-order valence-corrected chi connectivity index (χ3v) is 5.17. The van der Waals surface area contributed by atoms with Crippen LogP contribution in [0.1, 0.15) is 38.7 Å². The molecule has 28 heavy (non-hydrogen) atoms. The predicted molar refractivity (Wildman–Crippen MR) is 103 cm³/mol. The second-order valence-electron chi connectivity index (χ2n) is 8.00. The summed E-state index contributed by atoms with van der Waals surface area (Å²) < 4.78 is 0. The molecule has 0 bridgehead atoms. The van der Waals surface area contributed by atoms with Gasteiger partial charge in [-0.3, -0.25) is 9.59 Å². The van der Waals surface area contributed by atoms with E-state index in [1.165, 1.54) is 0 Å². The van der Waals surface area contributed by atoms with Gasteiger partial charge in [-0.25, -0.2) is 0 Å². The predicted octanol–water partition coefficient (Wildman–Crippen LogP) is -0.641. The SMILES string of the molecule is CC(C)C[C@H]([NH3+])C(=O)N1CCC(C(=O)N[C@H](Cc2ccccc2)C(=O)[O-])CC1. The van der Waals surface area contributed by atoms with Crippen LogP contribution in [0.2, 0.25) is 0 Å². The fourth-order valence-electron chi connectivity index (χ4n) is 3.62. The summed E-state index contributed by atoms with van der Waals surface area (Å²) in [6.07, 6.45) is 1.98. The minimum Gasteiger partial charge on any atom is -0.548 e. The molecule has 1 aliphatic rings. The molecule has 7 heteroatoms. The number of hydrogen-bond donors (Lipinski definition) is 2. The van der Waals surface area contributed by atoms with Crippen molar-refractivity contribution in [1.29, 1.82) is 0 Å². The van der Waals surface area contributed by atoms with E-state index in [1.54, 1.807) is 4.90 Å². The number of nitrogens with zero attached hydrogens (tertiary/aromatic N) is 1. The van der Waals surface area contributed by atoms with Crippen LogP contribution in [0.15, 0.2) is 30.3 Å². The van der Waals surface area contributed by atoms with Crippen LogP contribution in [0.25, 0.3) is 0 Å². The number of rotatable bonds is 8. The Morgan fingerprint density at radius 3 is 2.32 bits per heavy atom. The summed E-state index contributed by atoms with van der Waals surface area (Å²) in [7, 11) is 0. The molecule has 0 saturated carbocycles. The van der Waals surface area contributed by atoms with Gasteiger partial charge in [0.15, 0.2) is 6.04 Å². The summed E-state index contributed by atoms with van der Waals surface area (Å²) in [4.78, 5) is 38.2. The first-order valence-electron chi connectivity index (χ1n) is 9.95. The largest absolute Gasteiger partial charge is 0.548 e. The molecule has 2 amide bonds. The van der Waals surface area contributed by atoms with Gasteiger partial charge in [0, 0.05) is 25.4 Å². The number of nitrogens with one attached hydrogen (secondary N) is 1. The number of piperidine rings is 1. The topological polar surface area (TPSA) is 117 Å². The first-order valence-corrected chi connectivity index (χ1v) is 9.95. The van der Waals surface area contributed by atoms with Crippen molar-refractivity contribution in [1.82, 2.24) is 10.2 Å². The molecule has 0 radical (unpaired) electrons. The molecule has 1 aromatic carbocycles. The van der Waals surface area contributed by atoms with E-state index in [2.05, 4.69) is 24.9 Å². The molecule has 1 saturated heterocycles. The van der Waals surface area contributed by atoms with Gasteiger partial charge >= 0.3 is 0 Å². The maximum absolute atomic E-state index is 12.5. The highest BCUT2D eigenvalue weighted by atomic mass is 16.4. The lowest BCUT2D eigenvalue weighted by Gasteiger charge is -2.33. The first-order chi connectivity index (χ1) is 13.3. The molecule has 0 aromatic heterocycles. The molecule has 154 valence electrons. The van der Waals surface area contributed by atoms with E-state index in [-0.39, 0.29) is 30.2 Å². The van der Waals surface area contributed by atoms with Gasteiger partial charge in [-0.1, -0.05) is 44.2 Å². The Kier molecular flexibility index (Phi) is 7.99. The summed E-state index contributed by atoms with van der Waals surface area (Å²) in [6.45, 7) is 5.11. The molecular formula is C21H31N3O4. The molecule has 1 fully saturated rings. The molecule has 0 spiro atoms. The summed E-state index contributed by atoms with van der Waals surface area (Å²) in [6, 6.07) is 7.81. The van der Waals surface area contributed by atoms with Gasteiger partial charge in [0.2, 0.25) is 5.91 Å². The third-order valence-electron chi connectivity index (χ3n) is 5.17. The number of aliphatic carboxylic acids is 1. The van der Waals surface area contributed by atoms with E-state index < -0.39 is 12.0 Å². The highest BCUT2D eigenvalue weighted by molar-refractivity contribution is 5.85. The molecule has 0 unspecified atom stereocenters. The minimum absolute atomic E-state index is 0.0317. The van der Waals surface area contributed by atoms with Gasteiger partial charge in [-0.2, -0.15) is 0 Å². The number of carboxylic acids is 1. The van der Waals surface area contributed by atoms with E-state index in [9.17, 15) is 19.5 Å². The maximum Gasteiger partial charge on any atom is 0.280 e. The summed E-state index contributed by atoms with van der Waals surface area (Å²) >= 11 is 0. The monoisotopic (exact) mass is 389 g/mol. The third kappa shape index (κ3) is 6.34. The zero-order valence-electron chi connectivity index (χ0n) is 16.7. The van der Waals surface area contributed by atoms with Crippen molar-refractivity contribution in [2.45, 2.75) is 51.6 Å². The normalized spacial score (nSPS) is 17.2. The van der Waals surface area contributed by atoms with Gasteiger partial charge < -0.3 is 25.9 Å². The zero-order valence-corrected chi connectivity index (χ0v) is 16.7. The van der Waals surface area contributed by atoms with E-state index >= 15 is 0 Å². The quantitative estimate of drug-likeness (QED) is 0.615. The number of carbonyl (C=O) groups excluding carboxylic acids is 3. The molecule has 2 rings (SSSR count). The Morgan fingerprint density at radius 1 is 1.18 bits per heavy atom. The lowest BCUT2D eigenvalue weighted by atomic mass is 9.94. The van der Waals surface area contributed by atoms with Crippen molar-refractivity contribution in [3.8, 4) is 0 Å². The second-order valence-corrected chi connectivity index (χ2v) is 8.00. The van der Waals surface area contributed by atoms with E-state index in [0.717, 1.165) is 12.0 Å². The fourth-order valence-corrected chi connectivity index (χ4v) is 3.62. The number of carbonyl (C=O) groups is 3. The molecule has 1 aliphatic heterocycles. The molecule has 2 atom stereocenters. The van der Waals surface area contributed by atoms with Crippen LogP contribution in [-0.4, -0.2) is 47.9 Å². The standard InChI is InChI=1S/C21H31N3O4/c1-14(2)12-17(22)20(26)24-10-8-16(9-11-24)19(25)23-18(21(27)28)13-15-6-4-3-5-7-15/h3-7,14,16-18H,8-13,22H2,1-2H3,(H,23,25)(H,27,28)/t17-,18+/m0/s1. The van der Waals surface area contributed by atoms with Crippen molar-refractivity contribution >= 4 is 17.8 Å². The zero-order chi connectivity index (χ0) is 20.7. The lowest BCUT2D eigenvalue weighted by molar-refractivity contribution is -0.408. The van der Waals surface area contributed by atoms with Gasteiger partial charge in [-0.05, 0) is 30.7 Å². The number of quaternary nitrogens is 1. The van der Waals surface area contributed by atoms with Crippen molar-refractivity contribution in [3.05, 3.63) is 35.9 Å². The van der Waals surface area contributed by atoms with E-state index in [0.29, 0.717) is 31.8 Å². The number of hydrogen-bond acceptors (Lipinski definition) is 4. The summed E-state index contributed by atoms with van der Waals surface area (Å²) in [5.41, 5.74) is 4.79. The number of benzene rings is 1. The number of carboxylic acid groups (broad SMARTS) is 1. The highest BCUT2D eigenvalue weighted by Crippen LogP contribution is 2.19. The van der Waals surface area contributed by atoms with E-state index in [4.69, 9.17) is 0 Å². The van der Waals surface area contributed by atoms with Crippen LogP contribution in [-0.2, 0) is 20.8 Å². The number of amides is 2. The Hall–Kier alpha value is -2.41. The van der Waals surface area contributed by atoms with Crippen LogP contribution in [0.5, 0.6) is 0 Å². The van der Waals surface area contributed by atoms with Crippen LogP contribution in [0.3, 0.4) is 0 Å². The molecule has 4 N–H and O–H groups in total. The van der Waals surface area contributed by atoms with Gasteiger partial charge in [-0.15, -0.1) is 0 Å². The van der Waals surface area contributed by atoms with Crippen molar-refractivity contribution in [2.24, 2.45) is 11.8 Å². The highest BCUT2D eigenvalue weighted by Gasteiger charge is 2.32. The minimum atomic E-state index is -1.29. The fraction of sp³-hybridized carbons (Fsp3) is 0.571. The molecule has 1 heterocycles. The lowest BCUT2D eigenvalue weighted by Crippen LogP contribution is -2.68. The van der Waals surface area contributed by atoms with Crippen LogP contribution < -0.4 is 16.2 Å². The van der Waals surface area contributed by atoms with Crippen LogP contribution in [0.4, 0.5) is 0 Å². The molecular weight excluding hydrogens is 358 g/mol. The summed E-state index contributed by atoms with van der Waals surface area (Å²) in [5.74, 6) is -1.44. The summed E-state index contributed by atoms with van der Waals surface area (Å²) in [5, 5.41) is 14.1. The van der Waals surface area contributed by atoms with Crippen LogP contribution >= 0.6 is 0 Å². The molecule has 1 aromatic rings. The van der Waals surface area contributed by atoms with Gasteiger partial charge in [0.1, 0.15) is 0 Å². The maximum atomic E-state index is 12.5. The van der Waals surface area contributed by atoms with Crippen LogP contribution in [0, 0.1) is 11.8 Å². The average molecular weight is 389 g/mol.